The molecule has 2 unspecified atom stereocenters. The van der Waals surface area contributed by atoms with E-state index in [0.29, 0.717) is 23.9 Å². The topological polar surface area (TPSA) is 108 Å². The van der Waals surface area contributed by atoms with Gasteiger partial charge in [0.15, 0.2) is 6.10 Å². The number of unbranched alkanes of at least 4 members (excludes halogenated alkanes) is 24. The molecule has 0 fully saturated rings. The van der Waals surface area contributed by atoms with E-state index in [-0.39, 0.29) is 32.2 Å². The number of carboxylic acids is 1. The van der Waals surface area contributed by atoms with Crippen LogP contribution in [0.15, 0.2) is 85.1 Å². The van der Waals surface area contributed by atoms with Gasteiger partial charge in [0.1, 0.15) is 13.2 Å². The van der Waals surface area contributed by atoms with Gasteiger partial charge in [-0.2, -0.15) is 0 Å². The zero-order valence-electron chi connectivity index (χ0n) is 47.1. The Morgan fingerprint density at radius 1 is 0.431 bits per heavy atom. The lowest BCUT2D eigenvalue weighted by molar-refractivity contribution is -0.870. The molecule has 0 rings (SSSR count). The van der Waals surface area contributed by atoms with Gasteiger partial charge >= 0.3 is 17.9 Å². The van der Waals surface area contributed by atoms with Crippen molar-refractivity contribution in [2.24, 2.45) is 0 Å². The van der Waals surface area contributed by atoms with Crippen LogP contribution < -0.4 is 0 Å². The summed E-state index contributed by atoms with van der Waals surface area (Å²) in [5, 5.41) is 9.70. The van der Waals surface area contributed by atoms with E-state index in [4.69, 9.17) is 18.9 Å². The van der Waals surface area contributed by atoms with Gasteiger partial charge in [-0.25, -0.2) is 4.79 Å². The highest BCUT2D eigenvalue weighted by molar-refractivity contribution is 5.71. The number of hydrogen-bond acceptors (Lipinski definition) is 7. The first-order valence-electron chi connectivity index (χ1n) is 29.3. The van der Waals surface area contributed by atoms with Crippen LogP contribution in [-0.4, -0.2) is 87.4 Å². The summed E-state index contributed by atoms with van der Waals surface area (Å²) in [6.07, 6.45) is 68.0. The van der Waals surface area contributed by atoms with Gasteiger partial charge in [-0.3, -0.25) is 9.59 Å². The fourth-order valence-electron chi connectivity index (χ4n) is 7.94. The molecule has 0 aromatic carbocycles. The van der Waals surface area contributed by atoms with Gasteiger partial charge in [-0.05, 0) is 70.6 Å². The minimum Gasteiger partial charge on any atom is -0.477 e. The molecule has 2 atom stereocenters. The van der Waals surface area contributed by atoms with Gasteiger partial charge in [0, 0.05) is 12.8 Å². The van der Waals surface area contributed by atoms with Crippen LogP contribution in [0.5, 0.6) is 0 Å². The summed E-state index contributed by atoms with van der Waals surface area (Å²) in [4.78, 5) is 37.4. The summed E-state index contributed by atoms with van der Waals surface area (Å²) in [7, 11) is 5.96. The smallest absolute Gasteiger partial charge is 0.361 e. The average Bonchev–Trinajstić information content (AvgIpc) is 3.35. The fourth-order valence-corrected chi connectivity index (χ4v) is 7.94. The summed E-state index contributed by atoms with van der Waals surface area (Å²) in [6.45, 7) is 4.77. The lowest BCUT2D eigenvalue weighted by Crippen LogP contribution is -2.40. The number of allylic oxidation sites excluding steroid dienone is 14. The van der Waals surface area contributed by atoms with Crippen LogP contribution in [-0.2, 0) is 33.3 Å². The zero-order chi connectivity index (χ0) is 52.7. The van der Waals surface area contributed by atoms with E-state index in [2.05, 4.69) is 98.9 Å². The number of carbonyl (C=O) groups is 3. The highest BCUT2D eigenvalue weighted by atomic mass is 16.7. The van der Waals surface area contributed by atoms with Crippen LogP contribution in [0.4, 0.5) is 0 Å². The van der Waals surface area contributed by atoms with Gasteiger partial charge in [0.05, 0.1) is 34.4 Å². The molecule has 0 aliphatic heterocycles. The number of hydrogen-bond donors (Lipinski definition) is 1. The first kappa shape index (κ1) is 68.5. The highest BCUT2D eigenvalue weighted by Crippen LogP contribution is 2.16. The molecule has 0 heterocycles. The van der Waals surface area contributed by atoms with Gasteiger partial charge in [0.2, 0.25) is 0 Å². The molecule has 0 aliphatic rings. The number of aliphatic carboxylic acids is 1. The minimum absolute atomic E-state index is 0.184. The van der Waals surface area contributed by atoms with Crippen molar-refractivity contribution in [3.63, 3.8) is 0 Å². The van der Waals surface area contributed by atoms with Gasteiger partial charge in [-0.1, -0.05) is 240 Å². The normalized spacial score (nSPS) is 13.4. The third kappa shape index (κ3) is 54.2. The number of quaternary nitrogens is 1. The maximum Gasteiger partial charge on any atom is 0.361 e. The van der Waals surface area contributed by atoms with Gasteiger partial charge in [-0.15, -0.1) is 0 Å². The Morgan fingerprint density at radius 2 is 0.792 bits per heavy atom. The molecule has 0 spiro atoms. The third-order valence-corrected chi connectivity index (χ3v) is 12.4. The van der Waals surface area contributed by atoms with Crippen LogP contribution in [0, 0.1) is 0 Å². The number of likely N-dealkylation sites (N-methyl/N-ethyl adjacent to an activating group) is 1. The van der Waals surface area contributed by atoms with E-state index in [1.165, 1.54) is 116 Å². The molecule has 0 radical (unpaired) electrons. The van der Waals surface area contributed by atoms with Crippen molar-refractivity contribution in [3.8, 4) is 0 Å². The first-order valence-corrected chi connectivity index (χ1v) is 29.3. The zero-order valence-corrected chi connectivity index (χ0v) is 47.1. The molecule has 9 heteroatoms. The number of nitrogens with zero attached hydrogens (tertiary/aromatic N) is 1. The van der Waals surface area contributed by atoms with Crippen LogP contribution in [0.3, 0.4) is 0 Å². The van der Waals surface area contributed by atoms with Crippen molar-refractivity contribution in [2.45, 2.75) is 251 Å². The summed E-state index contributed by atoms with van der Waals surface area (Å²) < 4.78 is 22.9. The van der Waals surface area contributed by atoms with Crippen LogP contribution in [0.25, 0.3) is 0 Å². The molecule has 0 bridgehead atoms. The van der Waals surface area contributed by atoms with Crippen LogP contribution >= 0.6 is 0 Å². The van der Waals surface area contributed by atoms with E-state index in [1.54, 1.807) is 0 Å². The van der Waals surface area contributed by atoms with Crippen molar-refractivity contribution in [1.29, 1.82) is 0 Å². The number of esters is 2. The second kappa shape index (κ2) is 53.8. The molecule has 0 amide bonds. The molecule has 0 aliphatic carbocycles. The van der Waals surface area contributed by atoms with E-state index in [0.717, 1.165) is 89.9 Å². The van der Waals surface area contributed by atoms with E-state index < -0.39 is 24.3 Å². The average molecular weight is 1010 g/mol. The quantitative estimate of drug-likeness (QED) is 0.0211. The molecule has 1 N–H and O–H groups in total. The predicted molar refractivity (Wildman–Crippen MR) is 304 cm³/mol. The van der Waals surface area contributed by atoms with E-state index in [9.17, 15) is 19.5 Å². The van der Waals surface area contributed by atoms with E-state index in [1.807, 2.05) is 21.1 Å². The maximum absolute atomic E-state index is 12.9. The Hall–Kier alpha value is -3.53. The molecular weight excluding hydrogens is 899 g/mol. The van der Waals surface area contributed by atoms with Crippen LogP contribution in [0.2, 0.25) is 0 Å². The molecule has 414 valence electrons. The first-order chi connectivity index (χ1) is 35.1. The van der Waals surface area contributed by atoms with Gasteiger partial charge < -0.3 is 28.5 Å². The Kier molecular flexibility index (Phi) is 51.1. The van der Waals surface area contributed by atoms with E-state index >= 15 is 0 Å². The van der Waals surface area contributed by atoms with Gasteiger partial charge in [0.25, 0.3) is 6.29 Å². The van der Waals surface area contributed by atoms with Crippen molar-refractivity contribution < 1.29 is 42.9 Å². The molecule has 0 saturated heterocycles. The summed E-state index contributed by atoms with van der Waals surface area (Å²) in [6, 6.07) is 0. The van der Waals surface area contributed by atoms with Crippen molar-refractivity contribution in [2.75, 3.05) is 47.5 Å². The predicted octanol–water partition coefficient (Wildman–Crippen LogP) is 17.2. The molecule has 0 saturated carbocycles. The summed E-state index contributed by atoms with van der Waals surface area (Å²) >= 11 is 0. The largest absolute Gasteiger partial charge is 0.477 e. The molecule has 0 aromatic heterocycles. The molecule has 72 heavy (non-hydrogen) atoms. The Morgan fingerprint density at radius 3 is 1.18 bits per heavy atom. The van der Waals surface area contributed by atoms with Crippen molar-refractivity contribution in [3.05, 3.63) is 85.1 Å². The highest BCUT2D eigenvalue weighted by Gasteiger charge is 2.25. The Balaban J connectivity index is 4.23. The SMILES string of the molecule is CC/C=C\C/C=C\C/C=C\C/C=C\C/C=C\C/C=C\C/C=C\CCCCCCCCCCCC(=O)OC(COC(=O)CCCCCCCCCCCCCCCCCC)COC(OCC[N+](C)(C)C)C(=O)O. The molecule has 0 aromatic rings. The standard InChI is InChI=1S/C63H109NO8/c1-6-8-10-12-14-16-18-20-22-24-25-26-27-28-29-30-31-32-33-34-35-36-37-38-40-42-44-46-48-50-52-54-61(66)72-59(58-71-63(62(67)68)69-56-55-64(3,4)5)57-70-60(65)53-51-49-47-45-43-41-39-23-21-19-17-15-13-11-9-7-2/h8,10,14,16,20,22,25-26,28-29,31-32,34-35,59,63H,6-7,9,11-13,15,17-19,21,23-24,27,30,33,36-58H2,1-5H3/p+1/b10-8-,16-14-,22-20-,26-25-,29-28-,32-31-,35-34-. The minimum atomic E-state index is -1.51. The van der Waals surface area contributed by atoms with Crippen LogP contribution in [0.1, 0.15) is 239 Å². The number of rotatable bonds is 53. The Labute approximate surface area is 442 Å². The number of ether oxygens (including phenoxy) is 4. The third-order valence-electron chi connectivity index (χ3n) is 12.4. The lowest BCUT2D eigenvalue weighted by Gasteiger charge is -2.25. The molecular formula is C63H110NO8+. The second-order valence-corrected chi connectivity index (χ2v) is 20.6. The number of carboxylic acid groups (broad SMARTS) is 1. The number of carbonyl (C=O) groups excluding carboxylic acids is 2. The summed E-state index contributed by atoms with van der Waals surface area (Å²) in [5.41, 5.74) is 0. The molecule has 9 nitrogen and oxygen atoms in total. The van der Waals surface area contributed by atoms with Crippen molar-refractivity contribution in [1.82, 2.24) is 0 Å². The lowest BCUT2D eigenvalue weighted by atomic mass is 10.0. The maximum atomic E-state index is 12.9. The monoisotopic (exact) mass is 1010 g/mol. The fraction of sp³-hybridized carbons (Fsp3) is 0.730. The Bertz CT molecular complexity index is 1450. The summed E-state index contributed by atoms with van der Waals surface area (Å²) in [5.74, 6) is -2.01. The van der Waals surface area contributed by atoms with Crippen molar-refractivity contribution >= 4 is 17.9 Å². The second-order valence-electron chi connectivity index (χ2n) is 20.6.